The summed E-state index contributed by atoms with van der Waals surface area (Å²) >= 11 is 0. The largest absolute Gasteiger partial charge is 0.310 e. The number of nitrogens with one attached hydrogen (secondary N) is 1. The maximum Gasteiger partial charge on any atom is 0.0828 e. The van der Waals surface area contributed by atoms with Crippen LogP contribution in [-0.4, -0.2) is 26.1 Å². The quantitative estimate of drug-likeness (QED) is 0.813. The highest BCUT2D eigenvalue weighted by atomic mass is 15.3. The van der Waals surface area contributed by atoms with Crippen LogP contribution in [0.25, 0.3) is 0 Å². The van der Waals surface area contributed by atoms with E-state index in [1.54, 1.807) is 0 Å². The molecule has 1 atom stereocenters. The molecule has 21 heavy (non-hydrogen) atoms. The van der Waals surface area contributed by atoms with Crippen molar-refractivity contribution in [2.24, 2.45) is 0 Å². The van der Waals surface area contributed by atoms with E-state index in [1.165, 1.54) is 11.3 Å². The van der Waals surface area contributed by atoms with Crippen LogP contribution in [0, 0.1) is 6.92 Å². The van der Waals surface area contributed by atoms with Crippen LogP contribution >= 0.6 is 0 Å². The molecule has 0 saturated heterocycles. The molecule has 0 aliphatic rings. The standard InChI is InChI=1S/C16H27N5/c1-5-8-17-16(6-2)14-10-18-20(11-14)12-15-9-13(4)19-21(15)7-3/h9-11,16-17H,5-8,12H2,1-4H3. The second kappa shape index (κ2) is 7.41. The highest BCUT2D eigenvalue weighted by molar-refractivity contribution is 5.13. The molecule has 2 aromatic heterocycles. The van der Waals surface area contributed by atoms with Crippen LogP contribution in [0.4, 0.5) is 0 Å². The molecule has 1 unspecified atom stereocenters. The minimum absolute atomic E-state index is 0.400. The van der Waals surface area contributed by atoms with Gasteiger partial charge in [0.2, 0.25) is 0 Å². The first kappa shape index (κ1) is 15.8. The number of aromatic nitrogens is 4. The van der Waals surface area contributed by atoms with Gasteiger partial charge in [-0.05, 0) is 39.3 Å². The van der Waals surface area contributed by atoms with Gasteiger partial charge in [0, 0.05) is 24.3 Å². The third-order valence-corrected chi connectivity index (χ3v) is 3.71. The van der Waals surface area contributed by atoms with E-state index in [-0.39, 0.29) is 0 Å². The van der Waals surface area contributed by atoms with Crippen molar-refractivity contribution in [3.63, 3.8) is 0 Å². The molecule has 116 valence electrons. The zero-order valence-electron chi connectivity index (χ0n) is 13.6. The Hall–Kier alpha value is -1.62. The summed E-state index contributed by atoms with van der Waals surface area (Å²) in [7, 11) is 0. The Kier molecular flexibility index (Phi) is 5.56. The maximum atomic E-state index is 4.51. The molecule has 2 aromatic rings. The molecule has 0 aromatic carbocycles. The fourth-order valence-corrected chi connectivity index (χ4v) is 2.63. The highest BCUT2D eigenvalue weighted by Crippen LogP contribution is 2.16. The predicted octanol–water partition coefficient (Wildman–Crippen LogP) is 2.91. The van der Waals surface area contributed by atoms with Gasteiger partial charge in [0.15, 0.2) is 0 Å². The SMILES string of the molecule is CCCNC(CC)c1cnn(Cc2cc(C)nn2CC)c1. The summed E-state index contributed by atoms with van der Waals surface area (Å²) in [6.45, 7) is 11.3. The van der Waals surface area contributed by atoms with Gasteiger partial charge in [-0.15, -0.1) is 0 Å². The van der Waals surface area contributed by atoms with Crippen molar-refractivity contribution in [3.8, 4) is 0 Å². The third-order valence-electron chi connectivity index (χ3n) is 3.71. The smallest absolute Gasteiger partial charge is 0.0828 e. The molecule has 0 spiro atoms. The summed E-state index contributed by atoms with van der Waals surface area (Å²) in [5.74, 6) is 0. The second-order valence-electron chi connectivity index (χ2n) is 5.48. The summed E-state index contributed by atoms with van der Waals surface area (Å²) in [5, 5.41) is 12.6. The van der Waals surface area contributed by atoms with Gasteiger partial charge in [-0.1, -0.05) is 13.8 Å². The van der Waals surface area contributed by atoms with Gasteiger partial charge in [0.05, 0.1) is 24.1 Å². The number of hydrogen-bond acceptors (Lipinski definition) is 3. The topological polar surface area (TPSA) is 47.7 Å². The van der Waals surface area contributed by atoms with Crippen molar-refractivity contribution >= 4 is 0 Å². The third kappa shape index (κ3) is 3.94. The van der Waals surface area contributed by atoms with Crippen LogP contribution in [0.1, 0.15) is 56.6 Å². The van der Waals surface area contributed by atoms with Gasteiger partial charge in [-0.25, -0.2) is 0 Å². The number of nitrogens with zero attached hydrogens (tertiary/aromatic N) is 4. The van der Waals surface area contributed by atoms with E-state index >= 15 is 0 Å². The molecular formula is C16H27N5. The Morgan fingerprint density at radius 1 is 1.29 bits per heavy atom. The summed E-state index contributed by atoms with van der Waals surface area (Å²) in [4.78, 5) is 0. The molecular weight excluding hydrogens is 262 g/mol. The Morgan fingerprint density at radius 2 is 2.10 bits per heavy atom. The first-order valence-electron chi connectivity index (χ1n) is 7.96. The number of aryl methyl sites for hydroxylation is 2. The Labute approximate surface area is 127 Å². The minimum Gasteiger partial charge on any atom is -0.310 e. The van der Waals surface area contributed by atoms with Crippen LogP contribution in [-0.2, 0) is 13.1 Å². The van der Waals surface area contributed by atoms with Crippen LogP contribution in [0.3, 0.4) is 0 Å². The summed E-state index contributed by atoms with van der Waals surface area (Å²) in [5.41, 5.74) is 3.54. The lowest BCUT2D eigenvalue weighted by atomic mass is 10.1. The van der Waals surface area contributed by atoms with Gasteiger partial charge in [0.25, 0.3) is 0 Å². The molecule has 1 N–H and O–H groups in total. The molecule has 0 fully saturated rings. The van der Waals surface area contributed by atoms with Gasteiger partial charge in [-0.2, -0.15) is 10.2 Å². The van der Waals surface area contributed by atoms with Crippen molar-refractivity contribution < 1.29 is 0 Å². The molecule has 0 aliphatic heterocycles. The maximum absolute atomic E-state index is 4.51. The Balaban J connectivity index is 2.08. The van der Waals surface area contributed by atoms with Crippen molar-refractivity contribution in [1.29, 1.82) is 0 Å². The fourth-order valence-electron chi connectivity index (χ4n) is 2.63. The average molecular weight is 289 g/mol. The predicted molar refractivity (Wildman–Crippen MR) is 85.3 cm³/mol. The summed E-state index contributed by atoms with van der Waals surface area (Å²) in [6.07, 6.45) is 6.37. The molecule has 0 amide bonds. The first-order chi connectivity index (χ1) is 10.2. The van der Waals surface area contributed by atoms with E-state index in [9.17, 15) is 0 Å². The summed E-state index contributed by atoms with van der Waals surface area (Å²) in [6, 6.07) is 2.54. The van der Waals surface area contributed by atoms with Crippen LogP contribution in [0.2, 0.25) is 0 Å². The lowest BCUT2D eigenvalue weighted by Crippen LogP contribution is -2.21. The molecule has 2 heterocycles. The van der Waals surface area contributed by atoms with E-state index < -0.39 is 0 Å². The molecule has 0 saturated carbocycles. The highest BCUT2D eigenvalue weighted by Gasteiger charge is 2.12. The molecule has 0 radical (unpaired) electrons. The second-order valence-corrected chi connectivity index (χ2v) is 5.48. The normalized spacial score (nSPS) is 12.8. The van der Waals surface area contributed by atoms with Gasteiger partial charge < -0.3 is 5.32 Å². The van der Waals surface area contributed by atoms with Crippen LogP contribution in [0.5, 0.6) is 0 Å². The Morgan fingerprint density at radius 3 is 2.76 bits per heavy atom. The molecule has 0 aliphatic carbocycles. The number of rotatable bonds is 8. The zero-order chi connectivity index (χ0) is 15.2. The van der Waals surface area contributed by atoms with Crippen molar-refractivity contribution in [1.82, 2.24) is 24.9 Å². The van der Waals surface area contributed by atoms with Crippen LogP contribution < -0.4 is 5.32 Å². The van der Waals surface area contributed by atoms with Gasteiger partial charge >= 0.3 is 0 Å². The molecule has 5 heteroatoms. The first-order valence-corrected chi connectivity index (χ1v) is 7.96. The van der Waals surface area contributed by atoms with Crippen molar-refractivity contribution in [2.45, 2.75) is 59.7 Å². The number of hydrogen-bond donors (Lipinski definition) is 1. The zero-order valence-corrected chi connectivity index (χ0v) is 13.6. The van der Waals surface area contributed by atoms with E-state index in [4.69, 9.17) is 0 Å². The van der Waals surface area contributed by atoms with Crippen molar-refractivity contribution in [3.05, 3.63) is 35.4 Å². The minimum atomic E-state index is 0.400. The monoisotopic (exact) mass is 289 g/mol. The Bertz CT molecular complexity index is 555. The van der Waals surface area contributed by atoms with E-state index in [0.29, 0.717) is 6.04 Å². The average Bonchev–Trinajstić information content (AvgIpc) is 3.07. The van der Waals surface area contributed by atoms with E-state index in [0.717, 1.165) is 38.2 Å². The molecule has 2 rings (SSSR count). The fraction of sp³-hybridized carbons (Fsp3) is 0.625. The van der Waals surface area contributed by atoms with E-state index in [1.807, 2.05) is 22.5 Å². The lowest BCUT2D eigenvalue weighted by Gasteiger charge is -2.14. The molecule has 0 bridgehead atoms. The van der Waals surface area contributed by atoms with Crippen molar-refractivity contribution in [2.75, 3.05) is 6.54 Å². The lowest BCUT2D eigenvalue weighted by molar-refractivity contribution is 0.517. The van der Waals surface area contributed by atoms with E-state index in [2.05, 4.69) is 48.5 Å². The van der Waals surface area contributed by atoms with Gasteiger partial charge in [-0.3, -0.25) is 9.36 Å². The summed E-state index contributed by atoms with van der Waals surface area (Å²) < 4.78 is 4.05. The van der Waals surface area contributed by atoms with Gasteiger partial charge in [0.1, 0.15) is 0 Å². The molecule has 5 nitrogen and oxygen atoms in total. The van der Waals surface area contributed by atoms with Crippen LogP contribution in [0.15, 0.2) is 18.5 Å².